The van der Waals surface area contributed by atoms with Crippen molar-refractivity contribution in [2.45, 2.75) is 52.1 Å². The average Bonchev–Trinajstić information content (AvgIpc) is 2.82. The molecule has 0 saturated carbocycles. The smallest absolute Gasteiger partial charge is 0.205 e. The summed E-state index contributed by atoms with van der Waals surface area (Å²) in [4.78, 5) is 0. The molecular formula is C25H25F5O3. The highest BCUT2D eigenvalue weighted by molar-refractivity contribution is 5.66. The van der Waals surface area contributed by atoms with Crippen molar-refractivity contribution in [1.29, 1.82) is 0 Å². The van der Waals surface area contributed by atoms with Gasteiger partial charge in [-0.2, -0.15) is 8.78 Å². The van der Waals surface area contributed by atoms with Gasteiger partial charge in [0.05, 0.1) is 18.8 Å². The second-order valence-electron chi connectivity index (χ2n) is 8.33. The van der Waals surface area contributed by atoms with Gasteiger partial charge >= 0.3 is 0 Å². The zero-order valence-electron chi connectivity index (χ0n) is 18.5. The van der Waals surface area contributed by atoms with Crippen molar-refractivity contribution >= 4 is 5.83 Å². The van der Waals surface area contributed by atoms with Gasteiger partial charge in [-0.05, 0) is 44.2 Å². The number of hydrogen-bond donors (Lipinski definition) is 0. The summed E-state index contributed by atoms with van der Waals surface area (Å²) >= 11 is 0. The summed E-state index contributed by atoms with van der Waals surface area (Å²) in [5, 5.41) is 0. The molecule has 1 fully saturated rings. The van der Waals surface area contributed by atoms with Crippen LogP contribution < -0.4 is 9.47 Å². The van der Waals surface area contributed by atoms with Crippen LogP contribution in [-0.4, -0.2) is 19.3 Å². The molecule has 2 aliphatic rings. The fourth-order valence-corrected chi connectivity index (χ4v) is 4.37. The van der Waals surface area contributed by atoms with Crippen LogP contribution in [-0.2, 0) is 11.2 Å². The van der Waals surface area contributed by atoms with Crippen molar-refractivity contribution < 1.29 is 36.2 Å². The number of hydrogen-bond acceptors (Lipinski definition) is 3. The van der Waals surface area contributed by atoms with E-state index in [0.29, 0.717) is 30.9 Å². The molecule has 0 amide bonds. The maximum absolute atomic E-state index is 15.2. The van der Waals surface area contributed by atoms with E-state index in [2.05, 4.69) is 0 Å². The molecule has 0 aliphatic carbocycles. The molecule has 0 bridgehead atoms. The van der Waals surface area contributed by atoms with Crippen LogP contribution in [0.15, 0.2) is 24.0 Å². The largest absolute Gasteiger partial charge is 0.491 e. The Bertz CT molecular complexity index is 1070. The van der Waals surface area contributed by atoms with Crippen LogP contribution in [0.1, 0.15) is 56.2 Å². The molecule has 33 heavy (non-hydrogen) atoms. The number of halogens is 5. The van der Waals surface area contributed by atoms with Gasteiger partial charge in [-0.15, -0.1) is 0 Å². The van der Waals surface area contributed by atoms with E-state index in [4.69, 9.17) is 14.2 Å². The fraction of sp³-hybridized carbons (Fsp3) is 0.440. The molecular weight excluding hydrogens is 443 g/mol. The Morgan fingerprint density at radius 1 is 1.00 bits per heavy atom. The third kappa shape index (κ3) is 4.45. The van der Waals surface area contributed by atoms with Gasteiger partial charge in [0.1, 0.15) is 6.10 Å². The van der Waals surface area contributed by atoms with Crippen LogP contribution in [0.25, 0.3) is 5.83 Å². The van der Waals surface area contributed by atoms with E-state index in [1.807, 2.05) is 6.92 Å². The molecule has 2 unspecified atom stereocenters. The first-order valence-corrected chi connectivity index (χ1v) is 11.2. The average molecular weight is 468 g/mol. The van der Waals surface area contributed by atoms with Gasteiger partial charge in [-0.25, -0.2) is 13.2 Å². The molecule has 2 aromatic carbocycles. The molecule has 0 aromatic heterocycles. The Morgan fingerprint density at radius 3 is 2.42 bits per heavy atom. The summed E-state index contributed by atoms with van der Waals surface area (Å²) in [7, 11) is 0. The summed E-state index contributed by atoms with van der Waals surface area (Å²) in [6, 6.07) is 3.78. The fourth-order valence-electron chi connectivity index (χ4n) is 4.37. The van der Waals surface area contributed by atoms with E-state index in [-0.39, 0.29) is 24.3 Å². The molecule has 0 radical (unpaired) electrons. The predicted molar refractivity (Wildman–Crippen MR) is 113 cm³/mol. The van der Waals surface area contributed by atoms with Crippen molar-refractivity contribution in [3.63, 3.8) is 0 Å². The Kier molecular flexibility index (Phi) is 6.93. The first-order valence-electron chi connectivity index (χ1n) is 11.2. The molecule has 178 valence electrons. The van der Waals surface area contributed by atoms with E-state index in [1.54, 1.807) is 6.92 Å². The van der Waals surface area contributed by atoms with Crippen LogP contribution in [0.3, 0.4) is 0 Å². The lowest BCUT2D eigenvalue weighted by Gasteiger charge is -2.28. The molecule has 2 atom stereocenters. The minimum absolute atomic E-state index is 0.0114. The SMILES string of the molecule is CCCC1CCC(/C(F)=C(\F)c2ccc3c(c2F)Oc2c(cc(OCC)c(F)c2F)C3)OC1. The second-order valence-corrected chi connectivity index (χ2v) is 8.33. The minimum Gasteiger partial charge on any atom is -0.491 e. The zero-order valence-corrected chi connectivity index (χ0v) is 18.5. The lowest BCUT2D eigenvalue weighted by Crippen LogP contribution is -2.26. The van der Waals surface area contributed by atoms with E-state index < -0.39 is 52.3 Å². The highest BCUT2D eigenvalue weighted by atomic mass is 19.2. The van der Waals surface area contributed by atoms with Gasteiger partial charge in [0.25, 0.3) is 0 Å². The van der Waals surface area contributed by atoms with Crippen LogP contribution in [0, 0.1) is 23.4 Å². The summed E-state index contributed by atoms with van der Waals surface area (Å²) in [5.41, 5.74) is -0.0982. The molecule has 4 rings (SSSR count). The molecule has 1 saturated heterocycles. The van der Waals surface area contributed by atoms with Gasteiger partial charge in [0, 0.05) is 17.5 Å². The van der Waals surface area contributed by atoms with E-state index in [0.717, 1.165) is 18.9 Å². The van der Waals surface area contributed by atoms with Crippen molar-refractivity contribution in [3.05, 3.63) is 58.2 Å². The van der Waals surface area contributed by atoms with Crippen molar-refractivity contribution in [1.82, 2.24) is 0 Å². The molecule has 2 aliphatic heterocycles. The predicted octanol–water partition coefficient (Wildman–Crippen LogP) is 7.40. The van der Waals surface area contributed by atoms with Gasteiger partial charge in [0.2, 0.25) is 11.6 Å². The zero-order chi connectivity index (χ0) is 23.7. The summed E-state index contributed by atoms with van der Waals surface area (Å²) in [6.07, 6.45) is 1.85. The normalized spacial score (nSPS) is 20.5. The van der Waals surface area contributed by atoms with Crippen LogP contribution in [0.2, 0.25) is 0 Å². The topological polar surface area (TPSA) is 27.7 Å². The van der Waals surface area contributed by atoms with Crippen molar-refractivity contribution in [2.24, 2.45) is 5.92 Å². The number of rotatable bonds is 6. The second kappa shape index (κ2) is 9.71. The molecule has 2 heterocycles. The Hall–Kier alpha value is -2.61. The molecule has 0 spiro atoms. The van der Waals surface area contributed by atoms with Crippen molar-refractivity contribution in [2.75, 3.05) is 13.2 Å². The molecule has 8 heteroatoms. The Morgan fingerprint density at radius 2 is 1.76 bits per heavy atom. The maximum atomic E-state index is 15.2. The van der Waals surface area contributed by atoms with E-state index in [9.17, 15) is 17.6 Å². The highest BCUT2D eigenvalue weighted by Gasteiger charge is 2.32. The summed E-state index contributed by atoms with van der Waals surface area (Å²) in [5.74, 6) is -7.27. The third-order valence-corrected chi connectivity index (χ3v) is 6.06. The maximum Gasteiger partial charge on any atom is 0.205 e. The number of ether oxygens (including phenoxy) is 3. The van der Waals surface area contributed by atoms with E-state index >= 15 is 4.39 Å². The number of fused-ring (bicyclic) bond motifs is 2. The summed E-state index contributed by atoms with van der Waals surface area (Å²) in [6.45, 7) is 4.12. The lowest BCUT2D eigenvalue weighted by molar-refractivity contribution is -0.00847. The molecule has 3 nitrogen and oxygen atoms in total. The number of benzene rings is 2. The van der Waals surface area contributed by atoms with Crippen LogP contribution in [0.4, 0.5) is 22.0 Å². The monoisotopic (exact) mass is 468 g/mol. The molecule has 0 N–H and O–H groups in total. The van der Waals surface area contributed by atoms with Gasteiger partial charge in [-0.3, -0.25) is 0 Å². The van der Waals surface area contributed by atoms with Gasteiger partial charge in [-0.1, -0.05) is 19.4 Å². The highest BCUT2D eigenvalue weighted by Crippen LogP contribution is 2.45. The Balaban J connectivity index is 1.63. The molecule has 2 aromatic rings. The third-order valence-electron chi connectivity index (χ3n) is 6.06. The standard InChI is InChI=1S/C25H25F5O3/c1-3-5-13-6-9-17(32-12-13)21(28)19(26)16-8-7-14-10-15-11-18(31-4-2)22(29)23(30)25(15)33-24(14)20(16)27/h7-8,11,13,17H,3-6,9-10,12H2,1-2H3/b21-19+. The van der Waals surface area contributed by atoms with Crippen molar-refractivity contribution in [3.8, 4) is 17.2 Å². The van der Waals surface area contributed by atoms with Gasteiger partial charge in [0.15, 0.2) is 34.7 Å². The minimum atomic E-state index is -1.39. The first-order chi connectivity index (χ1) is 15.8. The summed E-state index contributed by atoms with van der Waals surface area (Å²) < 4.78 is 89.6. The Labute approximate surface area is 189 Å². The quantitative estimate of drug-likeness (QED) is 0.353. The van der Waals surface area contributed by atoms with Crippen LogP contribution >= 0.6 is 0 Å². The van der Waals surface area contributed by atoms with Gasteiger partial charge < -0.3 is 14.2 Å². The first kappa shape index (κ1) is 23.5. The van der Waals surface area contributed by atoms with Crippen LogP contribution in [0.5, 0.6) is 17.2 Å². The van der Waals surface area contributed by atoms with E-state index in [1.165, 1.54) is 12.1 Å². The lowest BCUT2D eigenvalue weighted by atomic mass is 9.93.